The Morgan fingerprint density at radius 2 is 1.82 bits per heavy atom. The minimum Gasteiger partial charge on any atom is -0.241 e. The predicted molar refractivity (Wildman–Crippen MR) is 61.3 cm³/mol. The summed E-state index contributed by atoms with van der Waals surface area (Å²) in [6.45, 7) is 0. The van der Waals surface area contributed by atoms with Crippen molar-refractivity contribution in [3.8, 4) is 5.69 Å². The molecule has 0 amide bonds. The topological polar surface area (TPSA) is 17.8 Å². The van der Waals surface area contributed by atoms with Crippen LogP contribution in [0.1, 0.15) is 10.4 Å². The zero-order valence-corrected chi connectivity index (χ0v) is 10.1. The molecule has 0 aliphatic rings. The van der Waals surface area contributed by atoms with Gasteiger partial charge < -0.3 is 0 Å². The van der Waals surface area contributed by atoms with Gasteiger partial charge in [-0.25, -0.2) is 4.68 Å². The van der Waals surface area contributed by atoms with Crippen molar-refractivity contribution in [2.45, 2.75) is 11.0 Å². The highest BCUT2D eigenvalue weighted by molar-refractivity contribution is 9.09. The molecule has 1 atom stereocenters. The number of hydrogen-bond donors (Lipinski definition) is 0. The average Bonchev–Trinajstić information content (AvgIpc) is 2.77. The number of nitrogens with zero attached hydrogens (tertiary/aromatic N) is 2. The molecule has 6 heteroatoms. The Morgan fingerprint density at radius 3 is 2.41 bits per heavy atom. The number of halogens is 4. The van der Waals surface area contributed by atoms with Crippen LogP contribution in [0.2, 0.25) is 0 Å². The first-order valence-electron chi connectivity index (χ1n) is 4.79. The van der Waals surface area contributed by atoms with Crippen LogP contribution in [0.3, 0.4) is 0 Å². The normalized spacial score (nSPS) is 13.6. The Labute approximate surface area is 104 Å². The van der Waals surface area contributed by atoms with E-state index in [2.05, 4.69) is 21.0 Å². The maximum Gasteiger partial charge on any atom is 0.405 e. The molecular weight excluding hydrogens is 297 g/mol. The van der Waals surface area contributed by atoms with Crippen LogP contribution in [0.4, 0.5) is 13.2 Å². The van der Waals surface area contributed by atoms with Gasteiger partial charge in [0.05, 0.1) is 11.9 Å². The fourth-order valence-electron chi connectivity index (χ4n) is 1.38. The van der Waals surface area contributed by atoms with Crippen molar-refractivity contribution in [1.82, 2.24) is 9.78 Å². The first kappa shape index (κ1) is 12.2. The van der Waals surface area contributed by atoms with Crippen molar-refractivity contribution >= 4 is 15.9 Å². The van der Waals surface area contributed by atoms with E-state index in [0.717, 1.165) is 5.69 Å². The van der Waals surface area contributed by atoms with Crippen LogP contribution in [0, 0.1) is 0 Å². The number of para-hydroxylation sites is 1. The minimum atomic E-state index is -4.31. The van der Waals surface area contributed by atoms with E-state index < -0.39 is 11.0 Å². The molecule has 2 nitrogen and oxygen atoms in total. The van der Waals surface area contributed by atoms with Crippen molar-refractivity contribution in [1.29, 1.82) is 0 Å². The van der Waals surface area contributed by atoms with Gasteiger partial charge in [0, 0.05) is 11.8 Å². The lowest BCUT2D eigenvalue weighted by Crippen LogP contribution is -2.14. The van der Waals surface area contributed by atoms with Gasteiger partial charge in [-0.1, -0.05) is 34.1 Å². The second-order valence-corrected chi connectivity index (χ2v) is 4.37. The van der Waals surface area contributed by atoms with Gasteiger partial charge >= 0.3 is 6.18 Å². The number of aromatic nitrogens is 2. The molecule has 0 bridgehead atoms. The van der Waals surface area contributed by atoms with Crippen LogP contribution in [0.25, 0.3) is 5.69 Å². The van der Waals surface area contributed by atoms with E-state index in [-0.39, 0.29) is 5.56 Å². The summed E-state index contributed by atoms with van der Waals surface area (Å²) in [5.41, 5.74) is 0.807. The van der Waals surface area contributed by atoms with E-state index in [1.165, 1.54) is 17.1 Å². The molecule has 2 aromatic rings. The second kappa shape index (κ2) is 4.52. The highest BCUT2D eigenvalue weighted by Crippen LogP contribution is 2.39. The summed E-state index contributed by atoms with van der Waals surface area (Å²) in [6.07, 6.45) is -1.74. The third-order valence-corrected chi connectivity index (χ3v) is 3.25. The van der Waals surface area contributed by atoms with Crippen molar-refractivity contribution < 1.29 is 13.2 Å². The van der Waals surface area contributed by atoms with Crippen molar-refractivity contribution in [2.24, 2.45) is 0 Å². The SMILES string of the molecule is FC(F)(F)C(Br)c1cnn(-c2ccccc2)c1. The van der Waals surface area contributed by atoms with Gasteiger partial charge in [0.1, 0.15) is 4.83 Å². The van der Waals surface area contributed by atoms with Crippen molar-refractivity contribution in [3.05, 3.63) is 48.3 Å². The number of rotatable bonds is 2. The lowest BCUT2D eigenvalue weighted by atomic mass is 10.2. The monoisotopic (exact) mass is 304 g/mol. The largest absolute Gasteiger partial charge is 0.405 e. The molecule has 0 aliphatic heterocycles. The molecular formula is C11H8BrF3N2. The molecule has 1 unspecified atom stereocenters. The molecule has 1 heterocycles. The van der Waals surface area contributed by atoms with Gasteiger partial charge in [0.2, 0.25) is 0 Å². The van der Waals surface area contributed by atoms with E-state index in [0.29, 0.717) is 0 Å². The molecule has 90 valence electrons. The van der Waals surface area contributed by atoms with E-state index in [1.807, 2.05) is 6.07 Å². The minimum absolute atomic E-state index is 0.0846. The van der Waals surface area contributed by atoms with Gasteiger partial charge in [-0.3, -0.25) is 0 Å². The van der Waals surface area contributed by atoms with E-state index in [4.69, 9.17) is 0 Å². The van der Waals surface area contributed by atoms with Crippen LogP contribution in [-0.4, -0.2) is 16.0 Å². The Bertz CT molecular complexity index is 493. The summed E-state index contributed by atoms with van der Waals surface area (Å²) in [5, 5.41) is 3.91. The standard InChI is InChI=1S/C11H8BrF3N2/c12-10(11(13,14)15)8-6-16-17(7-8)9-4-2-1-3-5-9/h1-7,10H. The summed E-state index contributed by atoms with van der Waals surface area (Å²) in [4.78, 5) is -1.69. The quantitative estimate of drug-likeness (QED) is 0.770. The summed E-state index contributed by atoms with van der Waals surface area (Å²) < 4.78 is 38.8. The highest BCUT2D eigenvalue weighted by atomic mass is 79.9. The lowest BCUT2D eigenvalue weighted by Gasteiger charge is -2.11. The Kier molecular flexibility index (Phi) is 3.24. The Hall–Kier alpha value is -1.30. The van der Waals surface area contributed by atoms with Gasteiger partial charge in [-0.2, -0.15) is 18.3 Å². The molecule has 0 saturated heterocycles. The third kappa shape index (κ3) is 2.69. The molecule has 17 heavy (non-hydrogen) atoms. The first-order chi connectivity index (χ1) is 7.98. The van der Waals surface area contributed by atoms with E-state index in [1.54, 1.807) is 24.3 Å². The van der Waals surface area contributed by atoms with Crippen LogP contribution in [-0.2, 0) is 0 Å². The van der Waals surface area contributed by atoms with Crippen molar-refractivity contribution in [2.75, 3.05) is 0 Å². The molecule has 0 spiro atoms. The number of benzene rings is 1. The highest BCUT2D eigenvalue weighted by Gasteiger charge is 2.39. The molecule has 0 aliphatic carbocycles. The van der Waals surface area contributed by atoms with Crippen molar-refractivity contribution in [3.63, 3.8) is 0 Å². The van der Waals surface area contributed by atoms with Gasteiger partial charge in [0.15, 0.2) is 0 Å². The second-order valence-electron chi connectivity index (χ2n) is 3.46. The third-order valence-electron chi connectivity index (χ3n) is 2.20. The van der Waals surface area contributed by atoms with Gasteiger partial charge in [-0.15, -0.1) is 0 Å². The van der Waals surface area contributed by atoms with Crippen LogP contribution < -0.4 is 0 Å². The summed E-state index contributed by atoms with van der Waals surface area (Å²) in [6, 6.07) is 8.97. The van der Waals surface area contributed by atoms with Gasteiger partial charge in [0.25, 0.3) is 0 Å². The zero-order valence-electron chi connectivity index (χ0n) is 8.53. The summed E-state index contributed by atoms with van der Waals surface area (Å²) in [7, 11) is 0. The molecule has 0 N–H and O–H groups in total. The Balaban J connectivity index is 2.28. The molecule has 0 radical (unpaired) electrons. The molecule has 0 fully saturated rings. The molecule has 2 rings (SSSR count). The number of hydrogen-bond acceptors (Lipinski definition) is 1. The summed E-state index contributed by atoms with van der Waals surface area (Å²) in [5.74, 6) is 0. The smallest absolute Gasteiger partial charge is 0.241 e. The number of alkyl halides is 4. The predicted octanol–water partition coefficient (Wildman–Crippen LogP) is 3.87. The van der Waals surface area contributed by atoms with Crippen LogP contribution in [0.5, 0.6) is 0 Å². The fraction of sp³-hybridized carbons (Fsp3) is 0.182. The Morgan fingerprint density at radius 1 is 1.18 bits per heavy atom. The zero-order chi connectivity index (χ0) is 12.5. The van der Waals surface area contributed by atoms with Gasteiger partial charge in [-0.05, 0) is 12.1 Å². The first-order valence-corrected chi connectivity index (χ1v) is 5.71. The molecule has 1 aromatic carbocycles. The molecule has 0 saturated carbocycles. The van der Waals surface area contributed by atoms with Crippen LogP contribution >= 0.6 is 15.9 Å². The fourth-order valence-corrected chi connectivity index (χ4v) is 1.61. The van der Waals surface area contributed by atoms with E-state index in [9.17, 15) is 13.2 Å². The average molecular weight is 305 g/mol. The van der Waals surface area contributed by atoms with Crippen LogP contribution in [0.15, 0.2) is 42.7 Å². The maximum atomic E-state index is 12.5. The molecule has 1 aromatic heterocycles. The summed E-state index contributed by atoms with van der Waals surface area (Å²) >= 11 is 2.61. The maximum absolute atomic E-state index is 12.5. The lowest BCUT2D eigenvalue weighted by molar-refractivity contribution is -0.128. The van der Waals surface area contributed by atoms with E-state index >= 15 is 0 Å².